The molecular weight excluding hydrogens is 344 g/mol. The smallest absolute Gasteiger partial charge is 0.287 e. The Morgan fingerprint density at radius 2 is 1.41 bits per heavy atom. The summed E-state index contributed by atoms with van der Waals surface area (Å²) >= 11 is 0. The molecule has 138 valence electrons. The highest BCUT2D eigenvalue weighted by Crippen LogP contribution is 2.13. The lowest BCUT2D eigenvalue weighted by atomic mass is 10.2. The minimum Gasteiger partial charge on any atom is -0.486 e. The molecule has 0 aliphatic carbocycles. The van der Waals surface area contributed by atoms with E-state index in [1.165, 1.54) is 0 Å². The summed E-state index contributed by atoms with van der Waals surface area (Å²) in [6, 6.07) is 21.6. The zero-order valence-electron chi connectivity index (χ0n) is 14.7. The molecule has 0 saturated carbocycles. The summed E-state index contributed by atoms with van der Waals surface area (Å²) in [4.78, 5) is 24.0. The number of hydrogen-bond acceptors (Lipinski definition) is 4. The quantitative estimate of drug-likeness (QED) is 0.602. The van der Waals surface area contributed by atoms with Crippen molar-refractivity contribution in [3.63, 3.8) is 0 Å². The molecule has 0 radical (unpaired) electrons. The number of amides is 2. The summed E-state index contributed by atoms with van der Waals surface area (Å²) in [7, 11) is 0. The Hall–Kier alpha value is -3.54. The largest absolute Gasteiger partial charge is 0.486 e. The highest BCUT2D eigenvalue weighted by atomic mass is 16.5. The van der Waals surface area contributed by atoms with Crippen molar-refractivity contribution in [3.8, 4) is 5.75 Å². The van der Waals surface area contributed by atoms with Crippen LogP contribution in [-0.2, 0) is 6.61 Å². The predicted octanol–water partition coefficient (Wildman–Crippen LogP) is 3.02. The Balaban J connectivity index is 1.39. The standard InChI is InChI=1S/C21H20N2O4/c24-20(16-7-3-1-4-8-16)22-13-14-23-21(25)19-12-11-18(27-19)15-26-17-9-5-2-6-10-17/h1-12H,13-15H2,(H,22,24)(H,23,25). The van der Waals surface area contributed by atoms with Crippen molar-refractivity contribution in [3.05, 3.63) is 89.9 Å². The van der Waals surface area contributed by atoms with Crippen LogP contribution >= 0.6 is 0 Å². The molecule has 0 unspecified atom stereocenters. The molecule has 0 aliphatic heterocycles. The molecule has 2 N–H and O–H groups in total. The number of para-hydroxylation sites is 1. The average Bonchev–Trinajstić information content (AvgIpc) is 3.20. The number of rotatable bonds is 8. The first kappa shape index (κ1) is 18.3. The SMILES string of the molecule is O=C(NCCNC(=O)c1ccc(COc2ccccc2)o1)c1ccccc1. The normalized spacial score (nSPS) is 10.2. The number of carbonyl (C=O) groups is 2. The van der Waals surface area contributed by atoms with Gasteiger partial charge in [-0.3, -0.25) is 9.59 Å². The van der Waals surface area contributed by atoms with Crippen LogP contribution in [0.15, 0.2) is 77.2 Å². The number of hydrogen-bond donors (Lipinski definition) is 2. The highest BCUT2D eigenvalue weighted by Gasteiger charge is 2.11. The van der Waals surface area contributed by atoms with Gasteiger partial charge in [-0.1, -0.05) is 36.4 Å². The summed E-state index contributed by atoms with van der Waals surface area (Å²) in [6.45, 7) is 0.864. The molecule has 6 heteroatoms. The van der Waals surface area contributed by atoms with Gasteiger partial charge in [0.25, 0.3) is 11.8 Å². The van der Waals surface area contributed by atoms with Crippen LogP contribution < -0.4 is 15.4 Å². The van der Waals surface area contributed by atoms with Crippen LogP contribution in [0.2, 0.25) is 0 Å². The summed E-state index contributed by atoms with van der Waals surface area (Å²) in [5, 5.41) is 5.45. The third-order valence-corrected chi connectivity index (χ3v) is 3.74. The van der Waals surface area contributed by atoms with Crippen LogP contribution in [-0.4, -0.2) is 24.9 Å². The van der Waals surface area contributed by atoms with E-state index in [2.05, 4.69) is 10.6 Å². The second kappa shape index (κ2) is 9.24. The van der Waals surface area contributed by atoms with Gasteiger partial charge in [-0.25, -0.2) is 0 Å². The molecule has 0 aliphatic rings. The summed E-state index contributed by atoms with van der Waals surface area (Å²) < 4.78 is 11.1. The van der Waals surface area contributed by atoms with Crippen LogP contribution in [0, 0.1) is 0 Å². The Bertz CT molecular complexity index is 875. The van der Waals surface area contributed by atoms with Gasteiger partial charge in [0, 0.05) is 18.7 Å². The van der Waals surface area contributed by atoms with E-state index in [4.69, 9.17) is 9.15 Å². The molecule has 0 fully saturated rings. The van der Waals surface area contributed by atoms with Gasteiger partial charge in [0.15, 0.2) is 5.76 Å². The third kappa shape index (κ3) is 5.47. The third-order valence-electron chi connectivity index (χ3n) is 3.74. The molecule has 0 bridgehead atoms. The maximum absolute atomic E-state index is 12.1. The van der Waals surface area contributed by atoms with E-state index in [-0.39, 0.29) is 24.2 Å². The van der Waals surface area contributed by atoms with Crippen molar-refractivity contribution < 1.29 is 18.7 Å². The fourth-order valence-corrected chi connectivity index (χ4v) is 2.38. The van der Waals surface area contributed by atoms with Gasteiger partial charge >= 0.3 is 0 Å². The van der Waals surface area contributed by atoms with Crippen molar-refractivity contribution >= 4 is 11.8 Å². The second-order valence-electron chi connectivity index (χ2n) is 5.75. The van der Waals surface area contributed by atoms with Crippen molar-refractivity contribution in [1.29, 1.82) is 0 Å². The van der Waals surface area contributed by atoms with E-state index in [1.54, 1.807) is 36.4 Å². The van der Waals surface area contributed by atoms with Crippen molar-refractivity contribution in [2.45, 2.75) is 6.61 Å². The van der Waals surface area contributed by atoms with Gasteiger partial charge in [0.05, 0.1) is 0 Å². The predicted molar refractivity (Wildman–Crippen MR) is 101 cm³/mol. The molecule has 3 aromatic rings. The molecular formula is C21H20N2O4. The minimum atomic E-state index is -0.338. The lowest BCUT2D eigenvalue weighted by molar-refractivity contribution is 0.0907. The second-order valence-corrected chi connectivity index (χ2v) is 5.75. The fourth-order valence-electron chi connectivity index (χ4n) is 2.38. The average molecular weight is 364 g/mol. The van der Waals surface area contributed by atoms with Gasteiger partial charge in [0.1, 0.15) is 18.1 Å². The molecule has 2 amide bonds. The minimum absolute atomic E-state index is 0.178. The Morgan fingerprint density at radius 3 is 2.11 bits per heavy atom. The Labute approximate surface area is 157 Å². The van der Waals surface area contributed by atoms with Gasteiger partial charge < -0.3 is 19.8 Å². The van der Waals surface area contributed by atoms with Gasteiger partial charge in [0.2, 0.25) is 0 Å². The Morgan fingerprint density at radius 1 is 0.778 bits per heavy atom. The van der Waals surface area contributed by atoms with E-state index >= 15 is 0 Å². The van der Waals surface area contributed by atoms with E-state index in [0.29, 0.717) is 24.4 Å². The lowest BCUT2D eigenvalue weighted by Crippen LogP contribution is -2.34. The molecule has 1 heterocycles. The van der Waals surface area contributed by atoms with Crippen LogP contribution in [0.1, 0.15) is 26.7 Å². The molecule has 1 aromatic heterocycles. The monoisotopic (exact) mass is 364 g/mol. The van der Waals surface area contributed by atoms with Crippen molar-refractivity contribution in [2.75, 3.05) is 13.1 Å². The van der Waals surface area contributed by atoms with Gasteiger partial charge in [-0.05, 0) is 36.4 Å². The number of furan rings is 1. The number of carbonyl (C=O) groups excluding carboxylic acids is 2. The fraction of sp³-hybridized carbons (Fsp3) is 0.143. The van der Waals surface area contributed by atoms with Crippen molar-refractivity contribution in [2.24, 2.45) is 0 Å². The van der Waals surface area contributed by atoms with Crippen molar-refractivity contribution in [1.82, 2.24) is 10.6 Å². The topological polar surface area (TPSA) is 80.6 Å². The maximum Gasteiger partial charge on any atom is 0.287 e. The zero-order chi connectivity index (χ0) is 18.9. The van der Waals surface area contributed by atoms with E-state index in [0.717, 1.165) is 5.75 Å². The maximum atomic E-state index is 12.1. The number of ether oxygens (including phenoxy) is 1. The molecule has 6 nitrogen and oxygen atoms in total. The zero-order valence-corrected chi connectivity index (χ0v) is 14.7. The first-order valence-electron chi connectivity index (χ1n) is 8.60. The highest BCUT2D eigenvalue weighted by molar-refractivity contribution is 5.94. The van der Waals surface area contributed by atoms with Crippen LogP contribution in [0.25, 0.3) is 0 Å². The van der Waals surface area contributed by atoms with E-state index in [9.17, 15) is 9.59 Å². The molecule has 0 spiro atoms. The summed E-state index contributed by atoms with van der Waals surface area (Å²) in [6.07, 6.45) is 0. The summed E-state index contributed by atoms with van der Waals surface area (Å²) in [5.74, 6) is 0.976. The van der Waals surface area contributed by atoms with Crippen LogP contribution in [0.5, 0.6) is 5.75 Å². The number of benzene rings is 2. The molecule has 2 aromatic carbocycles. The molecule has 0 atom stereocenters. The van der Waals surface area contributed by atoms with Gasteiger partial charge in [-0.15, -0.1) is 0 Å². The summed E-state index contributed by atoms with van der Waals surface area (Å²) in [5.41, 5.74) is 0.581. The van der Waals surface area contributed by atoms with Crippen LogP contribution in [0.4, 0.5) is 0 Å². The molecule has 0 saturated heterocycles. The molecule has 27 heavy (non-hydrogen) atoms. The first-order valence-corrected chi connectivity index (χ1v) is 8.60. The Kier molecular flexibility index (Phi) is 6.25. The van der Waals surface area contributed by atoms with E-state index < -0.39 is 0 Å². The van der Waals surface area contributed by atoms with E-state index in [1.807, 2.05) is 36.4 Å². The van der Waals surface area contributed by atoms with Crippen LogP contribution in [0.3, 0.4) is 0 Å². The number of nitrogens with one attached hydrogen (secondary N) is 2. The lowest BCUT2D eigenvalue weighted by Gasteiger charge is -2.06. The van der Waals surface area contributed by atoms with Gasteiger partial charge in [-0.2, -0.15) is 0 Å². The molecule has 3 rings (SSSR count). The first-order chi connectivity index (χ1) is 13.2.